The molecule has 21 heavy (non-hydrogen) atoms. The molecule has 1 aliphatic heterocycles. The average Bonchev–Trinajstić information content (AvgIpc) is 2.50. The molecule has 0 aliphatic carbocycles. The van der Waals surface area contributed by atoms with Crippen LogP contribution in [0.15, 0.2) is 42.5 Å². The van der Waals surface area contributed by atoms with Crippen molar-refractivity contribution in [2.75, 3.05) is 13.1 Å². The first-order valence-corrected chi connectivity index (χ1v) is 7.22. The molecule has 0 aromatic heterocycles. The lowest BCUT2D eigenvalue weighted by Crippen LogP contribution is -2.37. The molecule has 2 aromatic rings. The van der Waals surface area contributed by atoms with Gasteiger partial charge in [0.15, 0.2) is 0 Å². The van der Waals surface area contributed by atoms with Crippen molar-refractivity contribution >= 4 is 0 Å². The van der Waals surface area contributed by atoms with Gasteiger partial charge in [0, 0.05) is 31.3 Å². The monoisotopic (exact) mass is 284 g/mol. The number of benzene rings is 2. The van der Waals surface area contributed by atoms with Crippen LogP contribution in [0.4, 0.5) is 0 Å². The number of rotatable bonds is 3. The standard InChI is InChI=1S/C17H20N2O2/c18-10-16(15-6-5-14(20)9-17(15)21)19-8-7-12-3-1-2-4-13(12)11-19/h1-6,9,16,20-21H,7-8,10-11,18H2. The predicted octanol–water partition coefficient (Wildman–Crippen LogP) is 2.16. The van der Waals surface area contributed by atoms with Crippen LogP contribution in [0.5, 0.6) is 11.5 Å². The lowest BCUT2D eigenvalue weighted by atomic mass is 9.96. The van der Waals surface area contributed by atoms with Gasteiger partial charge in [0.1, 0.15) is 11.5 Å². The van der Waals surface area contributed by atoms with E-state index < -0.39 is 0 Å². The van der Waals surface area contributed by atoms with E-state index in [1.54, 1.807) is 12.1 Å². The highest BCUT2D eigenvalue weighted by Crippen LogP contribution is 2.33. The normalized spacial score (nSPS) is 16.4. The van der Waals surface area contributed by atoms with E-state index in [0.29, 0.717) is 6.54 Å². The fourth-order valence-corrected chi connectivity index (χ4v) is 3.07. The third kappa shape index (κ3) is 2.73. The summed E-state index contributed by atoms with van der Waals surface area (Å²) in [7, 11) is 0. The molecule has 0 spiro atoms. The van der Waals surface area contributed by atoms with Gasteiger partial charge in [-0.05, 0) is 23.6 Å². The van der Waals surface area contributed by atoms with Crippen LogP contribution < -0.4 is 5.73 Å². The van der Waals surface area contributed by atoms with Gasteiger partial charge in [0.05, 0.1) is 6.04 Å². The Morgan fingerprint density at radius 2 is 1.86 bits per heavy atom. The van der Waals surface area contributed by atoms with E-state index in [1.807, 2.05) is 0 Å². The first-order valence-electron chi connectivity index (χ1n) is 7.22. The van der Waals surface area contributed by atoms with Gasteiger partial charge in [-0.15, -0.1) is 0 Å². The number of nitrogens with zero attached hydrogens (tertiary/aromatic N) is 1. The molecule has 1 unspecified atom stereocenters. The van der Waals surface area contributed by atoms with E-state index in [9.17, 15) is 10.2 Å². The van der Waals surface area contributed by atoms with E-state index in [4.69, 9.17) is 5.73 Å². The highest BCUT2D eigenvalue weighted by Gasteiger charge is 2.25. The van der Waals surface area contributed by atoms with Crippen molar-refractivity contribution in [2.24, 2.45) is 5.73 Å². The maximum atomic E-state index is 10.1. The van der Waals surface area contributed by atoms with E-state index in [2.05, 4.69) is 29.2 Å². The Hall–Kier alpha value is -2.04. The molecular weight excluding hydrogens is 264 g/mol. The number of hydrogen-bond donors (Lipinski definition) is 3. The van der Waals surface area contributed by atoms with Gasteiger partial charge in [-0.1, -0.05) is 30.3 Å². The Bertz CT molecular complexity index is 642. The second-order valence-electron chi connectivity index (χ2n) is 5.48. The SMILES string of the molecule is NCC(c1ccc(O)cc1O)N1CCc2ccccc2C1. The molecule has 4 nitrogen and oxygen atoms in total. The largest absolute Gasteiger partial charge is 0.508 e. The number of hydrogen-bond acceptors (Lipinski definition) is 4. The molecule has 0 bridgehead atoms. The molecule has 4 N–H and O–H groups in total. The van der Waals surface area contributed by atoms with Crippen molar-refractivity contribution in [3.63, 3.8) is 0 Å². The lowest BCUT2D eigenvalue weighted by molar-refractivity contribution is 0.180. The van der Waals surface area contributed by atoms with Crippen LogP contribution in [-0.4, -0.2) is 28.2 Å². The Morgan fingerprint density at radius 1 is 1.10 bits per heavy atom. The second kappa shape index (κ2) is 5.76. The fourth-order valence-electron chi connectivity index (χ4n) is 3.07. The fraction of sp³-hybridized carbons (Fsp3) is 0.294. The molecule has 110 valence electrons. The van der Waals surface area contributed by atoms with Crippen LogP contribution in [0.2, 0.25) is 0 Å². The predicted molar refractivity (Wildman–Crippen MR) is 82.1 cm³/mol. The number of fused-ring (bicyclic) bond motifs is 1. The van der Waals surface area contributed by atoms with Crippen molar-refractivity contribution in [1.82, 2.24) is 4.90 Å². The number of phenols is 2. The van der Waals surface area contributed by atoms with Crippen LogP contribution in [0.1, 0.15) is 22.7 Å². The molecular formula is C17H20N2O2. The molecule has 0 fully saturated rings. The van der Waals surface area contributed by atoms with Gasteiger partial charge >= 0.3 is 0 Å². The van der Waals surface area contributed by atoms with Crippen LogP contribution in [0.25, 0.3) is 0 Å². The lowest BCUT2D eigenvalue weighted by Gasteiger charge is -2.35. The maximum absolute atomic E-state index is 10.1. The van der Waals surface area contributed by atoms with Crippen LogP contribution in [0, 0.1) is 0 Å². The smallest absolute Gasteiger partial charge is 0.124 e. The summed E-state index contributed by atoms with van der Waals surface area (Å²) >= 11 is 0. The van der Waals surface area contributed by atoms with Crippen LogP contribution >= 0.6 is 0 Å². The van der Waals surface area contributed by atoms with Gasteiger partial charge in [-0.3, -0.25) is 4.90 Å². The molecule has 0 amide bonds. The molecule has 0 saturated heterocycles. The molecule has 1 atom stereocenters. The Balaban J connectivity index is 1.88. The molecule has 0 radical (unpaired) electrons. The van der Waals surface area contributed by atoms with Crippen LogP contribution in [0.3, 0.4) is 0 Å². The number of aromatic hydroxyl groups is 2. The van der Waals surface area contributed by atoms with Gasteiger partial charge in [-0.2, -0.15) is 0 Å². The average molecular weight is 284 g/mol. The Kier molecular flexibility index (Phi) is 3.82. The third-order valence-electron chi connectivity index (χ3n) is 4.20. The van der Waals surface area contributed by atoms with Crippen molar-refractivity contribution in [1.29, 1.82) is 0 Å². The summed E-state index contributed by atoms with van der Waals surface area (Å²) in [6.07, 6.45) is 0.992. The van der Waals surface area contributed by atoms with Crippen molar-refractivity contribution < 1.29 is 10.2 Å². The Morgan fingerprint density at radius 3 is 2.57 bits per heavy atom. The highest BCUT2D eigenvalue weighted by molar-refractivity contribution is 5.41. The molecule has 3 rings (SSSR count). The number of phenolic OH excluding ortho intramolecular Hbond substituents is 2. The van der Waals surface area contributed by atoms with E-state index >= 15 is 0 Å². The zero-order valence-corrected chi connectivity index (χ0v) is 11.9. The summed E-state index contributed by atoms with van der Waals surface area (Å²) in [6, 6.07) is 13.1. The van der Waals surface area contributed by atoms with Gasteiger partial charge in [-0.25, -0.2) is 0 Å². The molecule has 0 saturated carbocycles. The Labute approximate surface area is 124 Å². The first-order chi connectivity index (χ1) is 10.2. The zero-order valence-electron chi connectivity index (χ0n) is 11.9. The van der Waals surface area contributed by atoms with Gasteiger partial charge < -0.3 is 15.9 Å². The minimum Gasteiger partial charge on any atom is -0.508 e. The minimum absolute atomic E-state index is 0.0426. The van der Waals surface area contributed by atoms with Crippen molar-refractivity contribution in [3.8, 4) is 11.5 Å². The van der Waals surface area contributed by atoms with E-state index in [0.717, 1.165) is 25.1 Å². The quantitative estimate of drug-likeness (QED) is 0.808. The van der Waals surface area contributed by atoms with Crippen LogP contribution in [-0.2, 0) is 13.0 Å². The highest BCUT2D eigenvalue weighted by atomic mass is 16.3. The molecule has 2 aromatic carbocycles. The minimum atomic E-state index is -0.0426. The van der Waals surface area contributed by atoms with Gasteiger partial charge in [0.2, 0.25) is 0 Å². The first kappa shape index (κ1) is 13.9. The molecule has 4 heteroatoms. The number of nitrogens with two attached hydrogens (primary N) is 1. The third-order valence-corrected chi connectivity index (χ3v) is 4.20. The van der Waals surface area contributed by atoms with Crippen molar-refractivity contribution in [3.05, 3.63) is 59.2 Å². The van der Waals surface area contributed by atoms with E-state index in [-0.39, 0.29) is 17.5 Å². The maximum Gasteiger partial charge on any atom is 0.124 e. The van der Waals surface area contributed by atoms with E-state index in [1.165, 1.54) is 17.2 Å². The van der Waals surface area contributed by atoms with Crippen molar-refractivity contribution in [2.45, 2.75) is 19.0 Å². The summed E-state index contributed by atoms with van der Waals surface area (Å²) in [5.74, 6) is 0.167. The zero-order chi connectivity index (χ0) is 14.8. The van der Waals surface area contributed by atoms with Gasteiger partial charge in [0.25, 0.3) is 0 Å². The summed E-state index contributed by atoms with van der Waals surface area (Å²) in [5, 5.41) is 19.5. The molecule has 1 aliphatic rings. The molecule has 1 heterocycles. The summed E-state index contributed by atoms with van der Waals surface area (Å²) < 4.78 is 0. The topological polar surface area (TPSA) is 69.7 Å². The summed E-state index contributed by atoms with van der Waals surface area (Å²) in [5.41, 5.74) is 9.43. The second-order valence-corrected chi connectivity index (χ2v) is 5.48. The summed E-state index contributed by atoms with van der Waals surface area (Å²) in [4.78, 5) is 2.29. The summed E-state index contributed by atoms with van der Waals surface area (Å²) in [6.45, 7) is 2.18.